The van der Waals surface area contributed by atoms with Crippen LogP contribution in [0.4, 0.5) is 10.5 Å². The van der Waals surface area contributed by atoms with Crippen molar-refractivity contribution >= 4 is 46.3 Å². The lowest BCUT2D eigenvalue weighted by atomic mass is 10.1. The molecular weight excluding hydrogens is 460 g/mol. The first-order valence-electron chi connectivity index (χ1n) is 9.83. The SMILES string of the molecule is COc1ccccc1N1C(=O)S/C(=C\c2ccc(OCc3ccccc3C#N)c(Cl)c2)C1=O. The van der Waals surface area contributed by atoms with Crippen LogP contribution < -0.4 is 14.4 Å². The van der Waals surface area contributed by atoms with E-state index in [0.717, 1.165) is 22.2 Å². The van der Waals surface area contributed by atoms with Crippen molar-refractivity contribution in [1.82, 2.24) is 0 Å². The average Bonchev–Trinajstić information content (AvgIpc) is 3.11. The zero-order valence-corrected chi connectivity index (χ0v) is 19.0. The van der Waals surface area contributed by atoms with Gasteiger partial charge in [-0.15, -0.1) is 0 Å². The Morgan fingerprint density at radius 2 is 1.82 bits per heavy atom. The van der Waals surface area contributed by atoms with Crippen molar-refractivity contribution in [3.05, 3.63) is 93.3 Å². The second kappa shape index (κ2) is 9.82. The van der Waals surface area contributed by atoms with E-state index in [0.29, 0.717) is 33.3 Å². The highest BCUT2D eigenvalue weighted by Crippen LogP contribution is 2.40. The molecule has 1 saturated heterocycles. The van der Waals surface area contributed by atoms with E-state index < -0.39 is 11.1 Å². The van der Waals surface area contributed by atoms with Crippen LogP contribution in [0.3, 0.4) is 0 Å². The minimum atomic E-state index is -0.431. The smallest absolute Gasteiger partial charge is 0.298 e. The van der Waals surface area contributed by atoms with Crippen molar-refractivity contribution in [3.63, 3.8) is 0 Å². The third-order valence-electron chi connectivity index (χ3n) is 4.89. The molecule has 4 rings (SSSR count). The van der Waals surface area contributed by atoms with Gasteiger partial charge in [0.1, 0.15) is 18.1 Å². The fraction of sp³-hybridized carbons (Fsp3) is 0.0800. The standard InChI is InChI=1S/C25H17ClN2O4S/c1-31-22-9-5-4-8-20(22)28-24(29)23(33-25(28)30)13-16-10-11-21(19(26)12-16)32-15-18-7-3-2-6-17(18)14-27/h2-13H,15H2,1H3/b23-13-. The number of amides is 2. The lowest BCUT2D eigenvalue weighted by Gasteiger charge is -2.15. The van der Waals surface area contributed by atoms with Crippen LogP contribution in [-0.2, 0) is 11.4 Å². The van der Waals surface area contributed by atoms with Gasteiger partial charge in [0.15, 0.2) is 0 Å². The van der Waals surface area contributed by atoms with Gasteiger partial charge in [-0.05, 0) is 53.7 Å². The monoisotopic (exact) mass is 476 g/mol. The van der Waals surface area contributed by atoms with E-state index in [-0.39, 0.29) is 11.5 Å². The van der Waals surface area contributed by atoms with Crippen LogP contribution in [0.5, 0.6) is 11.5 Å². The third-order valence-corrected chi connectivity index (χ3v) is 6.06. The molecule has 2 amide bonds. The molecule has 3 aromatic rings. The van der Waals surface area contributed by atoms with Crippen LogP contribution in [0.1, 0.15) is 16.7 Å². The van der Waals surface area contributed by atoms with Crippen LogP contribution in [0.2, 0.25) is 5.02 Å². The van der Waals surface area contributed by atoms with E-state index >= 15 is 0 Å². The normalized spacial score (nSPS) is 14.5. The molecule has 1 heterocycles. The Labute approximate surface area is 200 Å². The Bertz CT molecular complexity index is 1320. The highest BCUT2D eigenvalue weighted by molar-refractivity contribution is 8.19. The lowest BCUT2D eigenvalue weighted by Crippen LogP contribution is -2.28. The molecule has 0 aromatic heterocycles. The average molecular weight is 477 g/mol. The molecule has 0 bridgehead atoms. The molecule has 0 atom stereocenters. The first-order chi connectivity index (χ1) is 16.0. The Hall–Kier alpha value is -3.73. The number of carbonyl (C=O) groups excluding carboxylic acids is 2. The number of imide groups is 1. The molecule has 0 N–H and O–H groups in total. The Kier molecular flexibility index (Phi) is 6.68. The number of nitriles is 1. The van der Waals surface area contributed by atoms with Crippen molar-refractivity contribution in [3.8, 4) is 17.6 Å². The fourth-order valence-electron chi connectivity index (χ4n) is 3.28. The summed E-state index contributed by atoms with van der Waals surface area (Å²) in [5, 5.41) is 9.15. The number of para-hydroxylation sites is 2. The maximum atomic E-state index is 12.9. The van der Waals surface area contributed by atoms with Gasteiger partial charge < -0.3 is 9.47 Å². The summed E-state index contributed by atoms with van der Waals surface area (Å²) in [4.78, 5) is 26.9. The quantitative estimate of drug-likeness (QED) is 0.403. The number of benzene rings is 3. The minimum absolute atomic E-state index is 0.195. The summed E-state index contributed by atoms with van der Waals surface area (Å²) in [6.45, 7) is 0.195. The van der Waals surface area contributed by atoms with Crippen LogP contribution in [0.25, 0.3) is 6.08 Å². The van der Waals surface area contributed by atoms with Gasteiger partial charge in [0.05, 0.1) is 34.4 Å². The fourth-order valence-corrected chi connectivity index (χ4v) is 4.35. The molecule has 0 radical (unpaired) electrons. The Morgan fingerprint density at radius 1 is 1.06 bits per heavy atom. The number of anilines is 1. The van der Waals surface area contributed by atoms with Crippen molar-refractivity contribution in [2.75, 3.05) is 12.0 Å². The number of halogens is 1. The molecule has 0 unspecified atom stereocenters. The molecule has 0 spiro atoms. The summed E-state index contributed by atoms with van der Waals surface area (Å²) >= 11 is 7.23. The zero-order valence-electron chi connectivity index (χ0n) is 17.4. The number of nitrogens with zero attached hydrogens (tertiary/aromatic N) is 2. The highest BCUT2D eigenvalue weighted by atomic mass is 35.5. The van der Waals surface area contributed by atoms with E-state index in [4.69, 9.17) is 21.1 Å². The summed E-state index contributed by atoms with van der Waals surface area (Å²) < 4.78 is 11.1. The predicted molar refractivity (Wildman–Crippen MR) is 128 cm³/mol. The summed E-state index contributed by atoms with van der Waals surface area (Å²) in [5.74, 6) is 0.450. The van der Waals surface area contributed by atoms with Crippen LogP contribution >= 0.6 is 23.4 Å². The minimum Gasteiger partial charge on any atom is -0.495 e. The van der Waals surface area contributed by atoms with E-state index in [9.17, 15) is 14.9 Å². The summed E-state index contributed by atoms with van der Waals surface area (Å²) in [5.41, 5.74) is 2.34. The van der Waals surface area contributed by atoms with Crippen LogP contribution in [0, 0.1) is 11.3 Å². The first kappa shape index (κ1) is 22.5. The largest absolute Gasteiger partial charge is 0.495 e. The topological polar surface area (TPSA) is 79.6 Å². The Morgan fingerprint density at radius 3 is 2.58 bits per heavy atom. The van der Waals surface area contributed by atoms with Gasteiger partial charge in [-0.1, -0.05) is 48.0 Å². The van der Waals surface area contributed by atoms with Gasteiger partial charge in [0.2, 0.25) is 0 Å². The molecule has 3 aromatic carbocycles. The van der Waals surface area contributed by atoms with Gasteiger partial charge in [-0.25, -0.2) is 4.90 Å². The van der Waals surface area contributed by atoms with Crippen molar-refractivity contribution < 1.29 is 19.1 Å². The lowest BCUT2D eigenvalue weighted by molar-refractivity contribution is -0.113. The van der Waals surface area contributed by atoms with E-state index in [1.165, 1.54) is 7.11 Å². The maximum absolute atomic E-state index is 12.9. The molecule has 1 fully saturated rings. The molecule has 0 saturated carbocycles. The molecule has 1 aliphatic rings. The number of carbonyl (C=O) groups is 2. The number of thioether (sulfide) groups is 1. The zero-order chi connectivity index (χ0) is 23.4. The molecule has 33 heavy (non-hydrogen) atoms. The molecule has 164 valence electrons. The van der Waals surface area contributed by atoms with E-state index in [1.807, 2.05) is 12.1 Å². The molecule has 1 aliphatic heterocycles. The van der Waals surface area contributed by atoms with Gasteiger partial charge in [-0.3, -0.25) is 9.59 Å². The van der Waals surface area contributed by atoms with Gasteiger partial charge in [-0.2, -0.15) is 5.26 Å². The molecule has 0 aliphatic carbocycles. The predicted octanol–water partition coefficient (Wildman–Crippen LogP) is 6.04. The van der Waals surface area contributed by atoms with E-state index in [1.54, 1.807) is 60.7 Å². The summed E-state index contributed by atoms with van der Waals surface area (Å²) in [6.07, 6.45) is 1.61. The number of hydrogen-bond acceptors (Lipinski definition) is 6. The maximum Gasteiger partial charge on any atom is 0.298 e. The number of methoxy groups -OCH3 is 1. The van der Waals surface area contributed by atoms with Crippen molar-refractivity contribution in [2.45, 2.75) is 6.61 Å². The highest BCUT2D eigenvalue weighted by Gasteiger charge is 2.37. The second-order valence-corrected chi connectivity index (χ2v) is 8.34. The second-order valence-electron chi connectivity index (χ2n) is 6.94. The summed E-state index contributed by atoms with van der Waals surface area (Å²) in [7, 11) is 1.48. The molecule has 8 heteroatoms. The van der Waals surface area contributed by atoms with Crippen molar-refractivity contribution in [2.24, 2.45) is 0 Å². The summed E-state index contributed by atoms with van der Waals surface area (Å²) in [6, 6.07) is 21.2. The first-order valence-corrected chi connectivity index (χ1v) is 11.0. The molecular formula is C25H17ClN2O4S. The number of hydrogen-bond donors (Lipinski definition) is 0. The van der Waals surface area contributed by atoms with Crippen molar-refractivity contribution in [1.29, 1.82) is 5.26 Å². The number of rotatable bonds is 6. The van der Waals surface area contributed by atoms with E-state index in [2.05, 4.69) is 6.07 Å². The van der Waals surface area contributed by atoms with Crippen LogP contribution in [0.15, 0.2) is 71.6 Å². The molecule has 6 nitrogen and oxygen atoms in total. The third kappa shape index (κ3) is 4.72. The van der Waals surface area contributed by atoms with Gasteiger partial charge >= 0.3 is 0 Å². The van der Waals surface area contributed by atoms with Gasteiger partial charge in [0, 0.05) is 5.56 Å². The Balaban J connectivity index is 1.53. The number of ether oxygens (including phenoxy) is 2. The van der Waals surface area contributed by atoms with Crippen LogP contribution in [-0.4, -0.2) is 18.3 Å². The van der Waals surface area contributed by atoms with Gasteiger partial charge in [0.25, 0.3) is 11.1 Å².